The van der Waals surface area contributed by atoms with Crippen LogP contribution in [0, 0.1) is 6.92 Å². The maximum absolute atomic E-state index is 4.44. The molecule has 18 heavy (non-hydrogen) atoms. The Hall–Kier alpha value is -0.430. The second-order valence-corrected chi connectivity index (χ2v) is 6.98. The van der Waals surface area contributed by atoms with Crippen molar-refractivity contribution < 1.29 is 0 Å². The van der Waals surface area contributed by atoms with Gasteiger partial charge in [0.1, 0.15) is 5.82 Å². The zero-order chi connectivity index (χ0) is 12.8. The van der Waals surface area contributed by atoms with Crippen LogP contribution in [0.2, 0.25) is 0 Å². The highest BCUT2D eigenvalue weighted by molar-refractivity contribution is 8.00. The summed E-state index contributed by atoms with van der Waals surface area (Å²) >= 11 is 5.11. The summed E-state index contributed by atoms with van der Waals surface area (Å²) in [6, 6.07) is 2.17. The van der Waals surface area contributed by atoms with Gasteiger partial charge in [-0.25, -0.2) is 4.98 Å². The standard InChI is InChI=1S/C12H17N3S3/c1-3-11-14-12(18-15-11)17-7-5-13-8-10-9(2)4-6-16-10/h4,6,13H,3,5,7-8H2,1-2H3. The van der Waals surface area contributed by atoms with E-state index in [1.165, 1.54) is 22.0 Å². The molecule has 0 atom stereocenters. The lowest BCUT2D eigenvalue weighted by Gasteiger charge is -2.02. The van der Waals surface area contributed by atoms with Gasteiger partial charge in [0.2, 0.25) is 0 Å². The fourth-order valence-corrected chi connectivity index (χ4v) is 3.98. The van der Waals surface area contributed by atoms with Crippen LogP contribution in [0.3, 0.4) is 0 Å². The van der Waals surface area contributed by atoms with Crippen molar-refractivity contribution in [2.24, 2.45) is 0 Å². The van der Waals surface area contributed by atoms with Gasteiger partial charge in [-0.2, -0.15) is 4.37 Å². The van der Waals surface area contributed by atoms with Crippen LogP contribution in [-0.2, 0) is 13.0 Å². The average Bonchev–Trinajstić information content (AvgIpc) is 2.98. The summed E-state index contributed by atoms with van der Waals surface area (Å²) < 4.78 is 5.36. The molecule has 0 saturated carbocycles. The van der Waals surface area contributed by atoms with Crippen LogP contribution in [0.25, 0.3) is 0 Å². The van der Waals surface area contributed by atoms with Crippen molar-refractivity contribution in [1.82, 2.24) is 14.7 Å². The Balaban J connectivity index is 1.63. The predicted octanol–water partition coefficient (Wildman–Crippen LogP) is 3.35. The lowest BCUT2D eigenvalue weighted by atomic mass is 10.3. The molecule has 0 aliphatic carbocycles. The number of hydrogen-bond donors (Lipinski definition) is 1. The molecule has 0 radical (unpaired) electrons. The molecule has 2 aromatic rings. The first kappa shape index (κ1) is 14.0. The molecule has 0 unspecified atom stereocenters. The molecule has 0 fully saturated rings. The minimum atomic E-state index is 0.924. The van der Waals surface area contributed by atoms with Gasteiger partial charge in [-0.1, -0.05) is 18.7 Å². The van der Waals surface area contributed by atoms with E-state index in [0.717, 1.165) is 35.4 Å². The van der Waals surface area contributed by atoms with Crippen LogP contribution < -0.4 is 5.32 Å². The van der Waals surface area contributed by atoms with E-state index in [-0.39, 0.29) is 0 Å². The van der Waals surface area contributed by atoms with E-state index in [2.05, 4.69) is 40.0 Å². The highest BCUT2D eigenvalue weighted by Crippen LogP contribution is 2.19. The summed E-state index contributed by atoms with van der Waals surface area (Å²) in [4.78, 5) is 5.87. The molecule has 0 spiro atoms. The Morgan fingerprint density at radius 3 is 3.00 bits per heavy atom. The van der Waals surface area contributed by atoms with E-state index in [9.17, 15) is 0 Å². The first-order chi connectivity index (χ1) is 8.79. The van der Waals surface area contributed by atoms with Gasteiger partial charge in [0.25, 0.3) is 0 Å². The highest BCUT2D eigenvalue weighted by atomic mass is 32.2. The van der Waals surface area contributed by atoms with Gasteiger partial charge in [0.15, 0.2) is 4.34 Å². The lowest BCUT2D eigenvalue weighted by molar-refractivity contribution is 0.738. The molecule has 0 bridgehead atoms. The molecule has 1 N–H and O–H groups in total. The number of rotatable bonds is 7. The molecule has 6 heteroatoms. The summed E-state index contributed by atoms with van der Waals surface area (Å²) in [7, 11) is 0. The molecule has 0 saturated heterocycles. The second kappa shape index (κ2) is 7.23. The van der Waals surface area contributed by atoms with Crippen molar-refractivity contribution in [3.05, 3.63) is 27.7 Å². The molecule has 2 rings (SSSR count). The maximum atomic E-state index is 4.44. The first-order valence-electron chi connectivity index (χ1n) is 5.98. The largest absolute Gasteiger partial charge is 0.311 e. The number of nitrogens with zero attached hydrogens (tertiary/aromatic N) is 2. The van der Waals surface area contributed by atoms with Crippen LogP contribution in [-0.4, -0.2) is 21.7 Å². The summed E-state index contributed by atoms with van der Waals surface area (Å²) in [5.74, 6) is 2.01. The fraction of sp³-hybridized carbons (Fsp3) is 0.500. The van der Waals surface area contributed by atoms with Crippen molar-refractivity contribution >= 4 is 34.6 Å². The van der Waals surface area contributed by atoms with E-state index in [1.807, 2.05) is 11.3 Å². The zero-order valence-electron chi connectivity index (χ0n) is 10.6. The molecule has 0 aromatic carbocycles. The summed E-state index contributed by atoms with van der Waals surface area (Å²) in [6.45, 7) is 6.22. The number of thiophene rings is 1. The molecular weight excluding hydrogens is 282 g/mol. The van der Waals surface area contributed by atoms with E-state index in [1.54, 1.807) is 11.8 Å². The van der Waals surface area contributed by atoms with Crippen LogP contribution in [0.4, 0.5) is 0 Å². The monoisotopic (exact) mass is 299 g/mol. The Morgan fingerprint density at radius 2 is 2.33 bits per heavy atom. The van der Waals surface area contributed by atoms with E-state index in [0.29, 0.717) is 0 Å². The van der Waals surface area contributed by atoms with Crippen LogP contribution >= 0.6 is 34.6 Å². The SMILES string of the molecule is CCc1nsc(SCCNCc2sccc2C)n1. The molecule has 3 nitrogen and oxygen atoms in total. The Bertz CT molecular complexity index is 478. The van der Waals surface area contributed by atoms with E-state index < -0.39 is 0 Å². The highest BCUT2D eigenvalue weighted by Gasteiger charge is 2.03. The third kappa shape index (κ3) is 4.05. The average molecular weight is 299 g/mol. The number of nitrogens with one attached hydrogen (secondary N) is 1. The van der Waals surface area contributed by atoms with Crippen molar-refractivity contribution in [1.29, 1.82) is 0 Å². The summed E-state index contributed by atoms with van der Waals surface area (Å²) in [5.41, 5.74) is 1.39. The van der Waals surface area contributed by atoms with Gasteiger partial charge in [-0.05, 0) is 35.5 Å². The number of aryl methyl sites for hydroxylation is 2. The van der Waals surface area contributed by atoms with Crippen LogP contribution in [0.15, 0.2) is 15.8 Å². The van der Waals surface area contributed by atoms with Gasteiger partial charge in [-0.15, -0.1) is 11.3 Å². The minimum absolute atomic E-state index is 0.924. The molecule has 2 aromatic heterocycles. The van der Waals surface area contributed by atoms with Gasteiger partial charge < -0.3 is 5.32 Å². The molecule has 0 amide bonds. The van der Waals surface area contributed by atoms with E-state index in [4.69, 9.17) is 0 Å². The molecule has 0 aliphatic heterocycles. The first-order valence-corrected chi connectivity index (χ1v) is 8.62. The van der Waals surface area contributed by atoms with E-state index >= 15 is 0 Å². The molecule has 2 heterocycles. The molecule has 0 aliphatic rings. The smallest absolute Gasteiger partial charge is 0.170 e. The van der Waals surface area contributed by atoms with Crippen molar-refractivity contribution in [2.75, 3.05) is 12.3 Å². The number of hydrogen-bond acceptors (Lipinski definition) is 6. The summed E-state index contributed by atoms with van der Waals surface area (Å²) in [5, 5.41) is 5.61. The second-order valence-electron chi connectivity index (χ2n) is 3.88. The predicted molar refractivity (Wildman–Crippen MR) is 80.8 cm³/mol. The van der Waals surface area contributed by atoms with Gasteiger partial charge >= 0.3 is 0 Å². The Labute approximate surface area is 120 Å². The molecule has 98 valence electrons. The van der Waals surface area contributed by atoms with Crippen LogP contribution in [0.5, 0.6) is 0 Å². The van der Waals surface area contributed by atoms with Crippen molar-refractivity contribution in [3.8, 4) is 0 Å². The number of aromatic nitrogens is 2. The van der Waals surface area contributed by atoms with Crippen LogP contribution in [0.1, 0.15) is 23.2 Å². The quantitative estimate of drug-likeness (QED) is 0.628. The van der Waals surface area contributed by atoms with Crippen molar-refractivity contribution in [3.63, 3.8) is 0 Å². The molecular formula is C12H17N3S3. The van der Waals surface area contributed by atoms with Gasteiger partial charge in [0, 0.05) is 30.1 Å². The fourth-order valence-electron chi connectivity index (χ4n) is 1.44. The zero-order valence-corrected chi connectivity index (χ0v) is 13.1. The number of thioether (sulfide) groups is 1. The summed E-state index contributed by atoms with van der Waals surface area (Å²) in [6.07, 6.45) is 0.924. The van der Waals surface area contributed by atoms with Gasteiger partial charge in [-0.3, -0.25) is 0 Å². The maximum Gasteiger partial charge on any atom is 0.170 e. The Morgan fingerprint density at radius 1 is 1.44 bits per heavy atom. The van der Waals surface area contributed by atoms with Crippen molar-refractivity contribution in [2.45, 2.75) is 31.2 Å². The third-order valence-electron chi connectivity index (χ3n) is 2.52. The van der Waals surface area contributed by atoms with Gasteiger partial charge in [0.05, 0.1) is 0 Å². The topological polar surface area (TPSA) is 37.8 Å². The Kier molecular flexibility index (Phi) is 5.62. The minimum Gasteiger partial charge on any atom is -0.311 e. The third-order valence-corrected chi connectivity index (χ3v) is 5.42. The normalized spacial score (nSPS) is 11.0. The lowest BCUT2D eigenvalue weighted by Crippen LogP contribution is -2.16.